The Kier molecular flexibility index (Phi) is 10.1. The number of carboxylic acids is 1. The summed E-state index contributed by atoms with van der Waals surface area (Å²) in [7, 11) is 1.25. The number of nitrogen functional groups attached to an aromatic ring is 1. The van der Waals surface area contributed by atoms with Crippen molar-refractivity contribution in [3.05, 3.63) is 41.6 Å². The Morgan fingerprint density at radius 1 is 1.37 bits per heavy atom. The molecule has 16 nitrogen and oxygen atoms in total. The highest BCUT2D eigenvalue weighted by atomic mass is 35.5. The third-order valence-corrected chi connectivity index (χ3v) is 8.92. The average Bonchev–Trinajstić information content (AvgIpc) is 3.57. The van der Waals surface area contributed by atoms with Gasteiger partial charge < -0.3 is 31.5 Å². The zero-order valence-corrected chi connectivity index (χ0v) is 26.0. The number of nitrogens with zero attached hydrogens (tertiary/aromatic N) is 8. The van der Waals surface area contributed by atoms with Gasteiger partial charge in [0.05, 0.1) is 24.0 Å². The number of imidazole rings is 1. The predicted octanol–water partition coefficient (Wildman–Crippen LogP) is -1.60. The fourth-order valence-corrected chi connectivity index (χ4v) is 6.84. The second-order valence-electron chi connectivity index (χ2n) is 8.95. The van der Waals surface area contributed by atoms with Crippen LogP contribution in [0.2, 0.25) is 0 Å². The number of carbonyl (C=O) groups is 3. The van der Waals surface area contributed by atoms with E-state index in [2.05, 4.69) is 29.9 Å². The molecule has 0 unspecified atom stereocenters. The number of amidine groups is 1. The number of oxime groups is 1. The van der Waals surface area contributed by atoms with Crippen molar-refractivity contribution in [2.24, 2.45) is 15.9 Å². The number of fused-ring (bicyclic) bond motifs is 2. The summed E-state index contributed by atoms with van der Waals surface area (Å²) in [4.78, 5) is 52.3. The second kappa shape index (κ2) is 13.6. The van der Waals surface area contributed by atoms with E-state index in [9.17, 15) is 19.5 Å². The maximum Gasteiger partial charge on any atom is 0.307 e. The molecule has 5 rings (SSSR count). The highest BCUT2D eigenvalue weighted by Gasteiger charge is 2.53. The molecule has 1 fully saturated rings. The molecule has 5 heterocycles. The Labute approximate surface area is 263 Å². The number of hydrogen-bond acceptors (Lipinski definition) is 14. The molecule has 43 heavy (non-hydrogen) atoms. The van der Waals surface area contributed by atoms with E-state index in [-0.39, 0.29) is 41.3 Å². The summed E-state index contributed by atoms with van der Waals surface area (Å²) in [6.45, 7) is 2.51. The number of aliphatic imine (C=N–C) groups is 1. The number of aliphatic carboxylic acids is 1. The molecule has 3 aromatic rings. The van der Waals surface area contributed by atoms with Crippen molar-refractivity contribution < 1.29 is 28.9 Å². The Morgan fingerprint density at radius 2 is 2.16 bits per heavy atom. The van der Waals surface area contributed by atoms with Gasteiger partial charge in [0.15, 0.2) is 11.3 Å². The number of thioether (sulfide) groups is 2. The molecule has 20 heteroatoms. The van der Waals surface area contributed by atoms with Gasteiger partial charge in [0.2, 0.25) is 11.5 Å². The lowest BCUT2D eigenvalue weighted by atomic mass is 10.0. The highest BCUT2D eigenvalue weighted by Crippen LogP contribution is 2.40. The fourth-order valence-electron chi connectivity index (χ4n) is 4.37. The van der Waals surface area contributed by atoms with Crippen LogP contribution >= 0.6 is 47.5 Å². The van der Waals surface area contributed by atoms with Crippen LogP contribution in [0.5, 0.6) is 0 Å². The summed E-state index contributed by atoms with van der Waals surface area (Å²) < 4.78 is 7.49. The number of carbonyl (C=O) groups excluding carboxylic acids is 3. The molecular formula is C23H26ClN11O5S3. The molecule has 5 N–H and O–H groups in total. The number of amides is 2. The molecule has 0 saturated carbocycles. The van der Waals surface area contributed by atoms with E-state index in [4.69, 9.17) is 16.3 Å². The van der Waals surface area contributed by atoms with Gasteiger partial charge >= 0.3 is 5.65 Å². The fraction of sp³-hybridized carbons (Fsp3) is 0.348. The predicted molar refractivity (Wildman–Crippen MR) is 160 cm³/mol. The van der Waals surface area contributed by atoms with Crippen LogP contribution in [0.4, 0.5) is 5.13 Å². The maximum absolute atomic E-state index is 13.1. The van der Waals surface area contributed by atoms with E-state index in [1.165, 1.54) is 18.9 Å². The molecule has 0 radical (unpaired) electrons. The van der Waals surface area contributed by atoms with Crippen LogP contribution in [0, 0.1) is 0 Å². The Bertz CT molecular complexity index is 1650. The van der Waals surface area contributed by atoms with Gasteiger partial charge in [0, 0.05) is 34.7 Å². The molecule has 228 valence electrons. The first-order valence-corrected chi connectivity index (χ1v) is 15.2. The van der Waals surface area contributed by atoms with Crippen LogP contribution in [-0.2, 0) is 25.8 Å². The van der Waals surface area contributed by atoms with Crippen molar-refractivity contribution in [2.45, 2.75) is 29.9 Å². The van der Waals surface area contributed by atoms with E-state index in [1.807, 2.05) is 16.7 Å². The average molecular weight is 668 g/mol. The molecule has 2 aliphatic rings. The van der Waals surface area contributed by atoms with Crippen LogP contribution in [0.25, 0.3) is 5.65 Å². The minimum Gasteiger partial charge on any atom is -0.543 e. The van der Waals surface area contributed by atoms with Crippen LogP contribution in [0.3, 0.4) is 0 Å². The van der Waals surface area contributed by atoms with Crippen molar-refractivity contribution in [1.82, 2.24) is 29.2 Å². The summed E-state index contributed by atoms with van der Waals surface area (Å²) in [5, 5.41) is 23.4. The van der Waals surface area contributed by atoms with Crippen LogP contribution < -0.4 is 26.5 Å². The number of carboxylic acid groups (broad SMARTS) is 1. The molecular weight excluding hydrogens is 642 g/mol. The smallest absolute Gasteiger partial charge is 0.307 e. The van der Waals surface area contributed by atoms with E-state index in [1.54, 1.807) is 35.6 Å². The highest BCUT2D eigenvalue weighted by molar-refractivity contribution is 8.00. The minimum absolute atomic E-state index is 0. The van der Waals surface area contributed by atoms with Gasteiger partial charge in [-0.05, 0) is 13.0 Å². The molecule has 0 bridgehead atoms. The zero-order valence-electron chi connectivity index (χ0n) is 22.7. The quantitative estimate of drug-likeness (QED) is 0.0400. The molecule has 0 aromatic carbocycles. The zero-order chi connectivity index (χ0) is 30.0. The summed E-state index contributed by atoms with van der Waals surface area (Å²) in [5.74, 6) is -1.35. The SMILES string of the molecule is CO/N=C(\C(=O)N[C@@H]1C(=O)N2C(C(=O)[O-])=C(C[n+]3ccn4nc(SCCN=C(C)N)ccc43)CS[C@H]12)c1nsc(N)n1.Cl. The van der Waals surface area contributed by atoms with Crippen LogP contribution in [0.1, 0.15) is 12.7 Å². The molecule has 1 saturated heterocycles. The summed E-state index contributed by atoms with van der Waals surface area (Å²) in [5.41, 5.74) is 11.9. The molecule has 2 amide bonds. The molecule has 0 aliphatic carbocycles. The molecule has 0 spiro atoms. The first kappa shape index (κ1) is 32.0. The van der Waals surface area contributed by atoms with Gasteiger partial charge in [-0.2, -0.15) is 9.36 Å². The molecule has 2 aliphatic heterocycles. The number of aromatic nitrogens is 5. The van der Waals surface area contributed by atoms with Crippen LogP contribution in [0.15, 0.2) is 51.0 Å². The van der Waals surface area contributed by atoms with Crippen LogP contribution in [-0.4, -0.2) is 89.8 Å². The number of β-lactam (4-membered cyclic amide) rings is 1. The number of rotatable bonds is 11. The Hall–Kier alpha value is -3.94. The van der Waals surface area contributed by atoms with E-state index >= 15 is 0 Å². The summed E-state index contributed by atoms with van der Waals surface area (Å²) in [6.07, 6.45) is 3.55. The third kappa shape index (κ3) is 6.68. The van der Waals surface area contributed by atoms with Gasteiger partial charge in [-0.25, -0.2) is 4.57 Å². The van der Waals surface area contributed by atoms with Crippen molar-refractivity contribution in [1.29, 1.82) is 0 Å². The summed E-state index contributed by atoms with van der Waals surface area (Å²) >= 11 is 3.74. The van der Waals surface area contributed by atoms with E-state index in [0.29, 0.717) is 23.7 Å². The first-order valence-electron chi connectivity index (χ1n) is 12.3. The monoisotopic (exact) mass is 667 g/mol. The van der Waals surface area contributed by atoms with E-state index < -0.39 is 29.2 Å². The van der Waals surface area contributed by atoms with Crippen molar-refractivity contribution >= 4 is 87.6 Å². The normalized spacial score (nSPS) is 18.7. The standard InChI is InChI=1S/C23H25N11O5S3.ClH/c1-11(24)26-5-8-40-13-3-4-14-32(6-7-33(14)29-13)9-12-10-41-21-16(20(36)34(21)17(12)22(37)38)27-19(35)15(30-39-2)18-28-23(25)42-31-18;/h3-4,6-7,16,21H,5,8-10H2,1-2H3,(H5-,24,25,26,27,28,31,35,37,38);1H/b30-15-;/t16-,21-;/m1./s1. The molecule has 2 atom stereocenters. The maximum atomic E-state index is 13.1. The number of halogens is 1. The lowest BCUT2D eigenvalue weighted by Gasteiger charge is -2.50. The number of nitrogens with two attached hydrogens (primary N) is 2. The lowest BCUT2D eigenvalue weighted by molar-refractivity contribution is -0.662. The first-order chi connectivity index (χ1) is 20.2. The lowest BCUT2D eigenvalue weighted by Crippen LogP contribution is -2.71. The van der Waals surface area contributed by atoms with Gasteiger partial charge in [-0.3, -0.25) is 19.5 Å². The Balaban J connectivity index is 0.00000423. The van der Waals surface area contributed by atoms with Gasteiger partial charge in [-0.15, -0.1) is 40.4 Å². The van der Waals surface area contributed by atoms with Gasteiger partial charge in [-0.1, -0.05) is 10.3 Å². The second-order valence-corrected chi connectivity index (χ2v) is 12.0. The summed E-state index contributed by atoms with van der Waals surface area (Å²) in [6, 6.07) is 2.76. The number of hydrogen-bond donors (Lipinski definition) is 3. The van der Waals surface area contributed by atoms with Crippen molar-refractivity contribution in [3.8, 4) is 0 Å². The Morgan fingerprint density at radius 3 is 2.84 bits per heavy atom. The van der Waals surface area contributed by atoms with Crippen molar-refractivity contribution in [2.75, 3.05) is 30.9 Å². The third-order valence-electron chi connectivity index (χ3n) is 6.14. The van der Waals surface area contributed by atoms with Gasteiger partial charge in [0.25, 0.3) is 11.8 Å². The minimum atomic E-state index is -1.48. The molecule has 3 aromatic heterocycles. The number of anilines is 1. The largest absolute Gasteiger partial charge is 0.543 e. The van der Waals surface area contributed by atoms with E-state index in [0.717, 1.165) is 32.9 Å². The number of nitrogens with one attached hydrogen (secondary N) is 1. The van der Waals surface area contributed by atoms with Crippen molar-refractivity contribution in [3.63, 3.8) is 0 Å². The topological polar surface area (TPSA) is 222 Å². The van der Waals surface area contributed by atoms with Gasteiger partial charge in [0.1, 0.15) is 36.3 Å².